The number of hydrogen-bond acceptors (Lipinski definition) is 5. The van der Waals surface area contributed by atoms with Crippen LogP contribution in [-0.4, -0.2) is 32.2 Å². The van der Waals surface area contributed by atoms with Gasteiger partial charge in [0.25, 0.3) is 11.6 Å². The van der Waals surface area contributed by atoms with Gasteiger partial charge in [0, 0.05) is 16.0 Å². The van der Waals surface area contributed by atoms with Gasteiger partial charge in [-0.1, -0.05) is 22.9 Å². The van der Waals surface area contributed by atoms with Gasteiger partial charge in [-0.2, -0.15) is 0 Å². The Labute approximate surface area is 161 Å². The number of rotatable bonds is 0. The summed E-state index contributed by atoms with van der Waals surface area (Å²) in [6.45, 7) is 4.36. The maximum absolute atomic E-state index is 6.23. The smallest absolute Gasteiger partial charge is 0.257 e. The SMILES string of the molecule is C[C@@H]1CC2=C(C=C1Br)C1(OCCO1)C1(OCCO1)c1cc(Br)sc12. The lowest BCUT2D eigenvalue weighted by Crippen LogP contribution is -2.57. The first kappa shape index (κ1) is 16.2. The quantitative estimate of drug-likeness (QED) is 0.552. The molecule has 4 nitrogen and oxygen atoms in total. The number of halogens is 2. The third-order valence-corrected chi connectivity index (χ3v) is 7.80. The van der Waals surface area contributed by atoms with Gasteiger partial charge in [-0.25, -0.2) is 0 Å². The second-order valence-electron chi connectivity index (χ2n) is 6.45. The molecule has 0 saturated carbocycles. The van der Waals surface area contributed by atoms with Gasteiger partial charge < -0.3 is 18.9 Å². The van der Waals surface area contributed by atoms with E-state index in [1.54, 1.807) is 11.3 Å². The Balaban J connectivity index is 1.84. The zero-order chi connectivity index (χ0) is 16.5. The number of fused-ring (bicyclic) bond motifs is 5. The van der Waals surface area contributed by atoms with Crippen molar-refractivity contribution in [2.45, 2.75) is 24.9 Å². The Morgan fingerprint density at radius 3 is 2.33 bits per heavy atom. The van der Waals surface area contributed by atoms with Gasteiger partial charge >= 0.3 is 0 Å². The second-order valence-corrected chi connectivity index (χ2v) is 9.79. The van der Waals surface area contributed by atoms with Crippen LogP contribution in [0.3, 0.4) is 0 Å². The van der Waals surface area contributed by atoms with Crippen LogP contribution >= 0.6 is 43.2 Å². The fourth-order valence-electron chi connectivity index (χ4n) is 4.09. The van der Waals surface area contributed by atoms with Crippen LogP contribution in [0.25, 0.3) is 5.57 Å². The van der Waals surface area contributed by atoms with Crippen molar-refractivity contribution >= 4 is 48.8 Å². The second kappa shape index (κ2) is 5.49. The van der Waals surface area contributed by atoms with E-state index in [4.69, 9.17) is 18.9 Å². The third kappa shape index (κ3) is 1.92. The summed E-state index contributed by atoms with van der Waals surface area (Å²) in [4.78, 5) is 1.21. The molecule has 0 N–H and O–H groups in total. The Bertz CT molecular complexity index is 770. The molecule has 1 aromatic heterocycles. The highest BCUT2D eigenvalue weighted by atomic mass is 79.9. The number of allylic oxidation sites excluding steroid dienone is 2. The maximum Gasteiger partial charge on any atom is 0.257 e. The fraction of sp³-hybridized carbons (Fsp3) is 0.529. The zero-order valence-electron chi connectivity index (χ0n) is 13.1. The molecule has 2 aliphatic heterocycles. The van der Waals surface area contributed by atoms with Crippen LogP contribution in [0, 0.1) is 5.92 Å². The van der Waals surface area contributed by atoms with Crippen LogP contribution in [0.1, 0.15) is 23.8 Å². The molecule has 7 heteroatoms. The van der Waals surface area contributed by atoms with E-state index >= 15 is 0 Å². The van der Waals surface area contributed by atoms with Crippen molar-refractivity contribution in [3.8, 4) is 0 Å². The first-order valence-electron chi connectivity index (χ1n) is 8.04. The molecular formula is C17H16Br2O4S. The maximum atomic E-state index is 6.23. The van der Waals surface area contributed by atoms with Crippen molar-refractivity contribution in [2.24, 2.45) is 5.92 Å². The van der Waals surface area contributed by atoms with E-state index in [0.717, 1.165) is 25.8 Å². The first-order chi connectivity index (χ1) is 11.6. The average Bonchev–Trinajstić information content (AvgIpc) is 3.27. The molecule has 0 unspecified atom stereocenters. The Morgan fingerprint density at radius 1 is 1.04 bits per heavy atom. The van der Waals surface area contributed by atoms with Gasteiger partial charge in [0.1, 0.15) is 0 Å². The molecule has 0 amide bonds. The fourth-order valence-corrected chi connectivity index (χ4v) is 6.19. The summed E-state index contributed by atoms with van der Waals surface area (Å²) >= 11 is 9.08. The molecular weight excluding hydrogens is 460 g/mol. The monoisotopic (exact) mass is 474 g/mol. The van der Waals surface area contributed by atoms with Gasteiger partial charge in [-0.3, -0.25) is 0 Å². The highest BCUT2D eigenvalue weighted by molar-refractivity contribution is 9.11. The predicted octanol–water partition coefficient (Wildman–Crippen LogP) is 4.54. The van der Waals surface area contributed by atoms with Crippen molar-refractivity contribution in [1.82, 2.24) is 0 Å². The minimum absolute atomic E-state index is 0.426. The van der Waals surface area contributed by atoms with Crippen LogP contribution < -0.4 is 0 Å². The molecule has 24 heavy (non-hydrogen) atoms. The molecule has 2 spiro atoms. The molecule has 1 atom stereocenters. The Kier molecular flexibility index (Phi) is 3.70. The Hall–Kier alpha value is -0.0200. The normalized spacial score (nSPS) is 30.0. The number of ether oxygens (including phenoxy) is 4. The first-order valence-corrected chi connectivity index (χ1v) is 10.4. The molecule has 2 aliphatic carbocycles. The van der Waals surface area contributed by atoms with Gasteiger partial charge in [0.2, 0.25) is 0 Å². The van der Waals surface area contributed by atoms with Crippen LogP contribution in [-0.2, 0) is 24.7 Å². The highest BCUT2D eigenvalue weighted by Crippen LogP contribution is 2.61. The minimum Gasteiger partial charge on any atom is -0.339 e. The average molecular weight is 476 g/mol. The lowest BCUT2D eigenvalue weighted by atomic mass is 9.75. The van der Waals surface area contributed by atoms with Crippen molar-refractivity contribution < 1.29 is 18.9 Å². The topological polar surface area (TPSA) is 36.9 Å². The number of hydrogen-bond donors (Lipinski definition) is 0. The molecule has 4 aliphatic rings. The molecule has 3 heterocycles. The molecule has 0 bridgehead atoms. The summed E-state index contributed by atoms with van der Waals surface area (Å²) in [6.07, 6.45) is 3.09. The van der Waals surface area contributed by atoms with E-state index in [0.29, 0.717) is 32.3 Å². The molecule has 128 valence electrons. The van der Waals surface area contributed by atoms with Gasteiger partial charge in [0.05, 0.1) is 30.2 Å². The van der Waals surface area contributed by atoms with E-state index in [9.17, 15) is 0 Å². The van der Waals surface area contributed by atoms with Crippen molar-refractivity contribution in [3.05, 3.63) is 36.4 Å². The van der Waals surface area contributed by atoms with E-state index in [2.05, 4.69) is 50.9 Å². The van der Waals surface area contributed by atoms with E-state index in [1.165, 1.54) is 10.5 Å². The summed E-state index contributed by atoms with van der Waals surface area (Å²) in [6, 6.07) is 2.10. The minimum atomic E-state index is -1.02. The summed E-state index contributed by atoms with van der Waals surface area (Å²) in [5.41, 5.74) is 3.34. The van der Waals surface area contributed by atoms with Crippen molar-refractivity contribution in [1.29, 1.82) is 0 Å². The molecule has 5 rings (SSSR count). The van der Waals surface area contributed by atoms with Gasteiger partial charge in [0.15, 0.2) is 0 Å². The number of thiophene rings is 1. The van der Waals surface area contributed by atoms with E-state index in [1.807, 2.05) is 0 Å². The predicted molar refractivity (Wildman–Crippen MR) is 97.9 cm³/mol. The van der Waals surface area contributed by atoms with Crippen molar-refractivity contribution in [3.63, 3.8) is 0 Å². The van der Waals surface area contributed by atoms with Crippen LogP contribution in [0.15, 0.2) is 26.0 Å². The molecule has 0 aromatic carbocycles. The highest BCUT2D eigenvalue weighted by Gasteiger charge is 2.67. The standard InChI is InChI=1S/C17H16Br2O4S/c1-9-6-10-11(7-13(9)18)16(20-2-3-21-16)17(22-4-5-23-17)12-8-14(19)24-15(10)12/h7-9H,2-6H2,1H3/t9-/m1/s1. The summed E-state index contributed by atoms with van der Waals surface area (Å²) in [5.74, 6) is -1.62. The van der Waals surface area contributed by atoms with Gasteiger partial charge in [-0.05, 0) is 50.5 Å². The van der Waals surface area contributed by atoms with Crippen LogP contribution in [0.2, 0.25) is 0 Å². The van der Waals surface area contributed by atoms with E-state index < -0.39 is 11.6 Å². The summed E-state index contributed by atoms with van der Waals surface area (Å²) in [7, 11) is 0. The van der Waals surface area contributed by atoms with E-state index in [-0.39, 0.29) is 0 Å². The lowest BCUT2D eigenvalue weighted by Gasteiger charge is -2.47. The molecule has 1 aromatic rings. The third-order valence-electron chi connectivity index (χ3n) is 5.09. The summed E-state index contributed by atoms with van der Waals surface area (Å²) < 4.78 is 27.1. The molecule has 2 saturated heterocycles. The van der Waals surface area contributed by atoms with Crippen molar-refractivity contribution in [2.75, 3.05) is 26.4 Å². The van der Waals surface area contributed by atoms with Gasteiger partial charge in [-0.15, -0.1) is 11.3 Å². The summed E-state index contributed by atoms with van der Waals surface area (Å²) in [5, 5.41) is 0. The van der Waals surface area contributed by atoms with Crippen LogP contribution in [0.4, 0.5) is 0 Å². The largest absolute Gasteiger partial charge is 0.339 e. The Morgan fingerprint density at radius 2 is 1.67 bits per heavy atom. The van der Waals surface area contributed by atoms with Crippen LogP contribution in [0.5, 0.6) is 0 Å². The lowest BCUT2D eigenvalue weighted by molar-refractivity contribution is -0.337. The zero-order valence-corrected chi connectivity index (χ0v) is 17.1. The molecule has 2 fully saturated rings. The molecule has 0 radical (unpaired) electrons.